The fourth-order valence-corrected chi connectivity index (χ4v) is 2.45. The third-order valence-corrected chi connectivity index (χ3v) is 3.64. The van der Waals surface area contributed by atoms with E-state index in [1.54, 1.807) is 11.2 Å². The lowest BCUT2D eigenvalue weighted by Crippen LogP contribution is -2.46. The van der Waals surface area contributed by atoms with Crippen LogP contribution in [-0.2, 0) is 11.3 Å². The van der Waals surface area contributed by atoms with Gasteiger partial charge in [0.15, 0.2) is 0 Å². The molecule has 3 heterocycles. The molecule has 0 atom stereocenters. The molecule has 1 aliphatic rings. The lowest BCUT2D eigenvalue weighted by atomic mass is 10.3. The van der Waals surface area contributed by atoms with Crippen LogP contribution in [0.2, 0.25) is 0 Å². The Balaban J connectivity index is 1.68. The summed E-state index contributed by atoms with van der Waals surface area (Å²) in [5.74, 6) is 3.24. The Bertz CT molecular complexity index is 621. The highest BCUT2D eigenvalue weighted by Gasteiger charge is 2.17. The molecule has 0 unspecified atom stereocenters. The summed E-state index contributed by atoms with van der Waals surface area (Å²) in [5.41, 5.74) is 0. The third-order valence-electron chi connectivity index (χ3n) is 3.64. The van der Waals surface area contributed by atoms with Crippen molar-refractivity contribution in [2.24, 2.45) is 0 Å². The lowest BCUT2D eigenvalue weighted by molar-refractivity contribution is -0.118. The topological polar surface area (TPSA) is 74.5 Å². The van der Waals surface area contributed by atoms with Gasteiger partial charge in [0, 0.05) is 32.2 Å². The standard InChI is InChI=1S/C15H19N5O2/c1-12-17-14(16-10-13-3-2-8-22-13)9-15(18-12)20-6-4-19(11-21)5-7-20/h2-3,8-9,11H,4-7,10H2,1H3,(H,16,17,18). The van der Waals surface area contributed by atoms with Crippen molar-refractivity contribution < 1.29 is 9.21 Å². The van der Waals surface area contributed by atoms with Crippen LogP contribution < -0.4 is 10.2 Å². The van der Waals surface area contributed by atoms with E-state index in [4.69, 9.17) is 4.42 Å². The van der Waals surface area contributed by atoms with Crippen molar-refractivity contribution in [3.8, 4) is 0 Å². The van der Waals surface area contributed by atoms with Crippen molar-refractivity contribution in [3.05, 3.63) is 36.0 Å². The van der Waals surface area contributed by atoms with Crippen LogP contribution >= 0.6 is 0 Å². The van der Waals surface area contributed by atoms with Crippen molar-refractivity contribution in [1.29, 1.82) is 0 Å². The summed E-state index contributed by atoms with van der Waals surface area (Å²) in [6, 6.07) is 5.72. The van der Waals surface area contributed by atoms with E-state index in [1.807, 2.05) is 25.1 Å². The quantitative estimate of drug-likeness (QED) is 0.838. The summed E-state index contributed by atoms with van der Waals surface area (Å²) in [6.45, 7) is 5.48. The molecule has 2 aromatic heterocycles. The van der Waals surface area contributed by atoms with E-state index in [0.717, 1.165) is 55.8 Å². The Hall–Kier alpha value is -2.57. The van der Waals surface area contributed by atoms with Crippen LogP contribution in [0.3, 0.4) is 0 Å². The summed E-state index contributed by atoms with van der Waals surface area (Å²) < 4.78 is 5.30. The Labute approximate surface area is 129 Å². The number of piperazine rings is 1. The molecule has 7 heteroatoms. The average molecular weight is 301 g/mol. The van der Waals surface area contributed by atoms with E-state index in [9.17, 15) is 4.79 Å². The highest BCUT2D eigenvalue weighted by atomic mass is 16.3. The highest BCUT2D eigenvalue weighted by molar-refractivity contribution is 5.52. The van der Waals surface area contributed by atoms with Gasteiger partial charge in [0.2, 0.25) is 6.41 Å². The lowest BCUT2D eigenvalue weighted by Gasteiger charge is -2.33. The fraction of sp³-hybridized carbons (Fsp3) is 0.400. The normalized spacial score (nSPS) is 15.0. The first-order valence-electron chi connectivity index (χ1n) is 7.31. The predicted molar refractivity (Wildman–Crippen MR) is 82.7 cm³/mol. The summed E-state index contributed by atoms with van der Waals surface area (Å²) in [5, 5.41) is 3.25. The summed E-state index contributed by atoms with van der Waals surface area (Å²) in [6.07, 6.45) is 2.55. The second-order valence-corrected chi connectivity index (χ2v) is 5.22. The molecule has 7 nitrogen and oxygen atoms in total. The molecule has 3 rings (SSSR count). The van der Waals surface area contributed by atoms with E-state index in [-0.39, 0.29) is 0 Å². The molecule has 0 saturated carbocycles. The third kappa shape index (κ3) is 3.36. The zero-order valence-corrected chi connectivity index (χ0v) is 12.5. The van der Waals surface area contributed by atoms with E-state index >= 15 is 0 Å². The largest absolute Gasteiger partial charge is 0.467 e. The molecular weight excluding hydrogens is 282 g/mol. The molecule has 1 N–H and O–H groups in total. The van der Waals surface area contributed by atoms with Gasteiger partial charge in [0.25, 0.3) is 0 Å². The number of hydrogen-bond acceptors (Lipinski definition) is 6. The summed E-state index contributed by atoms with van der Waals surface area (Å²) in [4.78, 5) is 23.6. The monoisotopic (exact) mass is 301 g/mol. The van der Waals surface area contributed by atoms with Crippen LogP contribution in [0.25, 0.3) is 0 Å². The van der Waals surface area contributed by atoms with Gasteiger partial charge in [-0.2, -0.15) is 0 Å². The van der Waals surface area contributed by atoms with Gasteiger partial charge in [-0.3, -0.25) is 4.79 Å². The van der Waals surface area contributed by atoms with Crippen molar-refractivity contribution in [2.75, 3.05) is 36.4 Å². The van der Waals surface area contributed by atoms with Crippen molar-refractivity contribution >= 4 is 18.0 Å². The maximum absolute atomic E-state index is 10.8. The second-order valence-electron chi connectivity index (χ2n) is 5.22. The van der Waals surface area contributed by atoms with Crippen LogP contribution in [-0.4, -0.2) is 47.5 Å². The molecule has 22 heavy (non-hydrogen) atoms. The molecule has 116 valence electrons. The van der Waals surface area contributed by atoms with E-state index < -0.39 is 0 Å². The molecule has 0 radical (unpaired) electrons. The van der Waals surface area contributed by atoms with Gasteiger partial charge < -0.3 is 19.5 Å². The Morgan fingerprint density at radius 3 is 2.82 bits per heavy atom. The maximum Gasteiger partial charge on any atom is 0.209 e. The molecular formula is C15H19N5O2. The van der Waals surface area contributed by atoms with Crippen LogP contribution in [0.5, 0.6) is 0 Å². The number of aromatic nitrogens is 2. The first-order chi connectivity index (χ1) is 10.7. The number of anilines is 2. The van der Waals surface area contributed by atoms with Crippen LogP contribution in [0.1, 0.15) is 11.6 Å². The van der Waals surface area contributed by atoms with Gasteiger partial charge in [-0.1, -0.05) is 0 Å². The van der Waals surface area contributed by atoms with E-state index in [2.05, 4.69) is 20.2 Å². The smallest absolute Gasteiger partial charge is 0.209 e. The molecule has 1 fully saturated rings. The highest BCUT2D eigenvalue weighted by Crippen LogP contribution is 2.18. The molecule has 1 amide bonds. The molecule has 0 aromatic carbocycles. The minimum absolute atomic E-state index is 0.585. The fourth-order valence-electron chi connectivity index (χ4n) is 2.45. The summed E-state index contributed by atoms with van der Waals surface area (Å²) in [7, 11) is 0. The molecule has 0 spiro atoms. The van der Waals surface area contributed by atoms with Gasteiger partial charge in [0.05, 0.1) is 12.8 Å². The zero-order chi connectivity index (χ0) is 15.4. The zero-order valence-electron chi connectivity index (χ0n) is 12.5. The number of nitrogens with one attached hydrogen (secondary N) is 1. The van der Waals surface area contributed by atoms with Crippen molar-refractivity contribution in [1.82, 2.24) is 14.9 Å². The number of aryl methyl sites for hydroxylation is 1. The predicted octanol–water partition coefficient (Wildman–Crippen LogP) is 1.27. The Morgan fingerprint density at radius 2 is 2.14 bits per heavy atom. The number of amides is 1. The molecule has 1 aliphatic heterocycles. The summed E-state index contributed by atoms with van der Waals surface area (Å²) >= 11 is 0. The van der Waals surface area contributed by atoms with Crippen LogP contribution in [0.4, 0.5) is 11.6 Å². The first-order valence-corrected chi connectivity index (χ1v) is 7.31. The molecule has 2 aromatic rings. The van der Waals surface area contributed by atoms with Gasteiger partial charge in [-0.15, -0.1) is 0 Å². The van der Waals surface area contributed by atoms with E-state index in [0.29, 0.717) is 6.54 Å². The number of carbonyl (C=O) groups is 1. The van der Waals surface area contributed by atoms with Gasteiger partial charge in [-0.25, -0.2) is 9.97 Å². The van der Waals surface area contributed by atoms with Gasteiger partial charge in [0.1, 0.15) is 23.2 Å². The number of carbonyl (C=O) groups excluding carboxylic acids is 1. The number of rotatable bonds is 5. The number of nitrogens with zero attached hydrogens (tertiary/aromatic N) is 4. The second kappa shape index (κ2) is 6.46. The minimum atomic E-state index is 0.585. The van der Waals surface area contributed by atoms with Gasteiger partial charge in [-0.05, 0) is 19.1 Å². The SMILES string of the molecule is Cc1nc(NCc2ccco2)cc(N2CCN(C=O)CC2)n1. The van der Waals surface area contributed by atoms with Crippen molar-refractivity contribution in [2.45, 2.75) is 13.5 Å². The average Bonchev–Trinajstić information content (AvgIpc) is 3.06. The van der Waals surface area contributed by atoms with Crippen molar-refractivity contribution in [3.63, 3.8) is 0 Å². The van der Waals surface area contributed by atoms with Crippen LogP contribution in [0, 0.1) is 6.92 Å². The molecule has 0 aliphatic carbocycles. The number of hydrogen-bond donors (Lipinski definition) is 1. The first kappa shape index (κ1) is 14.4. The molecule has 0 bridgehead atoms. The Kier molecular flexibility index (Phi) is 4.22. The van der Waals surface area contributed by atoms with Crippen LogP contribution in [0.15, 0.2) is 28.9 Å². The number of furan rings is 1. The molecule has 1 saturated heterocycles. The van der Waals surface area contributed by atoms with Gasteiger partial charge >= 0.3 is 0 Å². The minimum Gasteiger partial charge on any atom is -0.467 e. The van der Waals surface area contributed by atoms with E-state index in [1.165, 1.54) is 0 Å². The maximum atomic E-state index is 10.8. The Morgan fingerprint density at radius 1 is 1.32 bits per heavy atom.